The lowest BCUT2D eigenvalue weighted by Gasteiger charge is -2.14. The van der Waals surface area contributed by atoms with Gasteiger partial charge in [-0.2, -0.15) is 0 Å². The van der Waals surface area contributed by atoms with Gasteiger partial charge >= 0.3 is 5.97 Å². The normalized spacial score (nSPS) is 13.7. The number of carbonyl (C=O) groups excluding carboxylic acids is 2. The van der Waals surface area contributed by atoms with E-state index in [1.165, 1.54) is 17.0 Å². The standard InChI is InChI=1S/C13H7ClN2O5/c14-6-1-2-10-8(3-6)11(17)12(18)16(10)5-7-4-9(13(19)20)15-21-7/h1-4H,5H2,(H,19,20). The van der Waals surface area contributed by atoms with Crippen molar-refractivity contribution in [1.29, 1.82) is 0 Å². The number of nitrogens with zero attached hydrogens (tertiary/aromatic N) is 2. The molecule has 21 heavy (non-hydrogen) atoms. The number of halogens is 1. The molecule has 0 saturated heterocycles. The van der Waals surface area contributed by atoms with Crippen LogP contribution in [0, 0.1) is 0 Å². The molecule has 0 spiro atoms. The number of fused-ring (bicyclic) bond motifs is 1. The first-order valence-electron chi connectivity index (χ1n) is 5.82. The van der Waals surface area contributed by atoms with E-state index in [4.69, 9.17) is 21.2 Å². The fourth-order valence-corrected chi connectivity index (χ4v) is 2.25. The average molecular weight is 307 g/mol. The summed E-state index contributed by atoms with van der Waals surface area (Å²) < 4.78 is 4.85. The summed E-state index contributed by atoms with van der Waals surface area (Å²) >= 11 is 5.81. The van der Waals surface area contributed by atoms with Gasteiger partial charge in [-0.05, 0) is 18.2 Å². The number of Topliss-reactive ketones (excluding diaryl/α,β-unsaturated/α-hetero) is 1. The molecule has 0 saturated carbocycles. The first-order chi connectivity index (χ1) is 9.97. The second kappa shape index (κ2) is 4.71. The second-order valence-corrected chi connectivity index (χ2v) is 4.80. The summed E-state index contributed by atoms with van der Waals surface area (Å²) in [6.45, 7) is -0.0838. The molecule has 1 N–H and O–H groups in total. The van der Waals surface area contributed by atoms with Crippen molar-refractivity contribution in [3.05, 3.63) is 46.3 Å². The number of hydrogen-bond acceptors (Lipinski definition) is 5. The third-order valence-corrected chi connectivity index (χ3v) is 3.26. The molecule has 1 aromatic carbocycles. The van der Waals surface area contributed by atoms with E-state index in [0.717, 1.165) is 0 Å². The first-order valence-corrected chi connectivity index (χ1v) is 6.20. The zero-order chi connectivity index (χ0) is 15.1. The minimum atomic E-state index is -1.24. The SMILES string of the molecule is O=C(O)c1cc(CN2C(=O)C(=O)c3cc(Cl)ccc32)on1. The van der Waals surface area contributed by atoms with E-state index in [9.17, 15) is 14.4 Å². The van der Waals surface area contributed by atoms with Crippen molar-refractivity contribution in [3.8, 4) is 0 Å². The molecule has 7 nitrogen and oxygen atoms in total. The van der Waals surface area contributed by atoms with Crippen molar-refractivity contribution in [1.82, 2.24) is 5.16 Å². The van der Waals surface area contributed by atoms with Crippen LogP contribution in [0.4, 0.5) is 5.69 Å². The van der Waals surface area contributed by atoms with Gasteiger partial charge in [-0.25, -0.2) is 4.79 Å². The molecule has 0 radical (unpaired) electrons. The van der Waals surface area contributed by atoms with Crippen LogP contribution in [-0.2, 0) is 11.3 Å². The molecule has 8 heteroatoms. The van der Waals surface area contributed by atoms with Gasteiger partial charge in [0.1, 0.15) is 0 Å². The summed E-state index contributed by atoms with van der Waals surface area (Å²) in [6, 6.07) is 5.73. The molecule has 1 aliphatic heterocycles. The van der Waals surface area contributed by atoms with E-state index in [1.807, 2.05) is 0 Å². The lowest BCUT2D eigenvalue weighted by molar-refractivity contribution is -0.114. The molecule has 106 valence electrons. The van der Waals surface area contributed by atoms with Crippen molar-refractivity contribution in [2.45, 2.75) is 6.54 Å². The Morgan fingerprint density at radius 1 is 1.33 bits per heavy atom. The molecule has 1 aromatic heterocycles. The smallest absolute Gasteiger partial charge is 0.358 e. The summed E-state index contributed by atoms with van der Waals surface area (Å²) in [5.41, 5.74) is 0.354. The Balaban J connectivity index is 1.94. The molecule has 0 bridgehead atoms. The van der Waals surface area contributed by atoms with E-state index in [1.54, 1.807) is 12.1 Å². The number of aromatic nitrogens is 1. The van der Waals surface area contributed by atoms with E-state index < -0.39 is 17.7 Å². The third kappa shape index (κ3) is 2.17. The van der Waals surface area contributed by atoms with Crippen molar-refractivity contribution >= 4 is 34.9 Å². The highest BCUT2D eigenvalue weighted by Gasteiger charge is 2.36. The summed E-state index contributed by atoms with van der Waals surface area (Å²) in [7, 11) is 0. The van der Waals surface area contributed by atoms with E-state index in [-0.39, 0.29) is 23.6 Å². The van der Waals surface area contributed by atoms with Crippen LogP contribution in [0.3, 0.4) is 0 Å². The van der Waals surface area contributed by atoms with Gasteiger partial charge in [0.05, 0.1) is 17.8 Å². The van der Waals surface area contributed by atoms with Gasteiger partial charge in [-0.3, -0.25) is 14.5 Å². The Kier molecular flexibility index (Phi) is 2.99. The monoisotopic (exact) mass is 306 g/mol. The Labute approximate surface area is 122 Å². The summed E-state index contributed by atoms with van der Waals surface area (Å²) in [4.78, 5) is 35.8. The zero-order valence-electron chi connectivity index (χ0n) is 10.4. The number of ketones is 1. The number of carboxylic acids is 1. The molecule has 2 heterocycles. The Bertz CT molecular complexity index is 783. The number of carboxylic acid groups (broad SMARTS) is 1. The highest BCUT2D eigenvalue weighted by Crippen LogP contribution is 2.32. The Morgan fingerprint density at radius 2 is 2.10 bits per heavy atom. The van der Waals surface area contributed by atoms with Crippen LogP contribution in [0.2, 0.25) is 5.02 Å². The van der Waals surface area contributed by atoms with Crippen molar-refractivity contribution in [3.63, 3.8) is 0 Å². The maximum atomic E-state index is 12.0. The second-order valence-electron chi connectivity index (χ2n) is 4.37. The highest BCUT2D eigenvalue weighted by molar-refractivity contribution is 6.52. The lowest BCUT2D eigenvalue weighted by Crippen LogP contribution is -2.28. The quantitative estimate of drug-likeness (QED) is 0.867. The molecule has 1 amide bonds. The van der Waals surface area contributed by atoms with Gasteiger partial charge in [-0.1, -0.05) is 16.8 Å². The van der Waals surface area contributed by atoms with Gasteiger partial charge in [0, 0.05) is 11.1 Å². The van der Waals surface area contributed by atoms with Crippen molar-refractivity contribution in [2.24, 2.45) is 0 Å². The summed E-state index contributed by atoms with van der Waals surface area (Å²) in [6.07, 6.45) is 0. The van der Waals surface area contributed by atoms with Gasteiger partial charge in [0.2, 0.25) is 0 Å². The fourth-order valence-electron chi connectivity index (χ4n) is 2.07. The molecule has 0 aliphatic carbocycles. The molecular weight excluding hydrogens is 300 g/mol. The van der Waals surface area contributed by atoms with Crippen LogP contribution in [-0.4, -0.2) is 27.9 Å². The van der Waals surface area contributed by atoms with Crippen molar-refractivity contribution in [2.75, 3.05) is 4.90 Å². The van der Waals surface area contributed by atoms with Crippen LogP contribution in [0.15, 0.2) is 28.8 Å². The number of benzene rings is 1. The zero-order valence-corrected chi connectivity index (χ0v) is 11.1. The van der Waals surface area contributed by atoms with Crippen LogP contribution in [0.25, 0.3) is 0 Å². The molecule has 3 rings (SSSR count). The number of amides is 1. The molecule has 0 atom stereocenters. The summed E-state index contributed by atoms with van der Waals surface area (Å²) in [5.74, 6) is -2.46. The largest absolute Gasteiger partial charge is 0.476 e. The molecule has 0 fully saturated rings. The number of hydrogen-bond donors (Lipinski definition) is 1. The van der Waals surface area contributed by atoms with Crippen molar-refractivity contribution < 1.29 is 24.0 Å². The predicted molar refractivity (Wildman–Crippen MR) is 70.4 cm³/mol. The highest BCUT2D eigenvalue weighted by atomic mass is 35.5. The molecular formula is C13H7ClN2O5. The van der Waals surface area contributed by atoms with Gasteiger partial charge in [0.25, 0.3) is 11.7 Å². The maximum Gasteiger partial charge on any atom is 0.358 e. The predicted octanol–water partition coefficient (Wildman–Crippen LogP) is 1.76. The van der Waals surface area contributed by atoms with Gasteiger partial charge < -0.3 is 9.63 Å². The average Bonchev–Trinajstić information content (AvgIpc) is 2.99. The number of rotatable bonds is 3. The first kappa shape index (κ1) is 13.3. The fraction of sp³-hybridized carbons (Fsp3) is 0.0769. The number of carbonyl (C=O) groups is 3. The van der Waals surface area contributed by atoms with Gasteiger partial charge in [-0.15, -0.1) is 0 Å². The Hall–Kier alpha value is -2.67. The number of aromatic carboxylic acids is 1. The van der Waals surface area contributed by atoms with Crippen LogP contribution >= 0.6 is 11.6 Å². The van der Waals surface area contributed by atoms with Crippen LogP contribution in [0.1, 0.15) is 26.6 Å². The van der Waals surface area contributed by atoms with Crippen LogP contribution < -0.4 is 4.90 Å². The van der Waals surface area contributed by atoms with E-state index in [0.29, 0.717) is 10.7 Å². The van der Waals surface area contributed by atoms with Crippen LogP contribution in [0.5, 0.6) is 0 Å². The summed E-state index contributed by atoms with van der Waals surface area (Å²) in [5, 5.41) is 12.5. The molecule has 1 aliphatic rings. The maximum absolute atomic E-state index is 12.0. The van der Waals surface area contributed by atoms with Gasteiger partial charge in [0.15, 0.2) is 11.5 Å². The molecule has 0 unspecified atom stereocenters. The van der Waals surface area contributed by atoms with E-state index >= 15 is 0 Å². The number of anilines is 1. The van der Waals surface area contributed by atoms with E-state index in [2.05, 4.69) is 5.16 Å². The minimum absolute atomic E-state index is 0.0838. The minimum Gasteiger partial charge on any atom is -0.476 e. The molecule has 2 aromatic rings. The topological polar surface area (TPSA) is 101 Å². The lowest BCUT2D eigenvalue weighted by atomic mass is 10.1. The Morgan fingerprint density at radius 3 is 2.76 bits per heavy atom. The third-order valence-electron chi connectivity index (χ3n) is 3.03.